The molecule has 5 nitrogen and oxygen atoms in total. The van der Waals surface area contributed by atoms with Gasteiger partial charge in [0.05, 0.1) is 5.01 Å². The van der Waals surface area contributed by atoms with Gasteiger partial charge in [-0.25, -0.2) is 4.98 Å². The van der Waals surface area contributed by atoms with E-state index >= 15 is 0 Å². The summed E-state index contributed by atoms with van der Waals surface area (Å²) in [6.45, 7) is 3.71. The lowest BCUT2D eigenvalue weighted by Gasteiger charge is -2.04. The fourth-order valence-corrected chi connectivity index (χ4v) is 2.46. The lowest BCUT2D eigenvalue weighted by molar-refractivity contribution is 0.0998. The van der Waals surface area contributed by atoms with Crippen molar-refractivity contribution in [3.63, 3.8) is 0 Å². The summed E-state index contributed by atoms with van der Waals surface area (Å²) in [5, 5.41) is 3.59. The van der Waals surface area contributed by atoms with Crippen LogP contribution in [0, 0.1) is 13.8 Å². The van der Waals surface area contributed by atoms with Gasteiger partial charge in [-0.3, -0.25) is 9.59 Å². The zero-order chi connectivity index (χ0) is 14.0. The van der Waals surface area contributed by atoms with Gasteiger partial charge in [-0.05, 0) is 38.1 Å². The second-order valence-electron chi connectivity index (χ2n) is 4.03. The maximum absolute atomic E-state index is 12.0. The van der Waals surface area contributed by atoms with Crippen molar-refractivity contribution in [3.05, 3.63) is 45.4 Å². The maximum Gasteiger partial charge on any atom is 0.275 e. The molecule has 0 aliphatic heterocycles. The van der Waals surface area contributed by atoms with Crippen LogP contribution in [0.25, 0.3) is 0 Å². The number of rotatable bonds is 3. The van der Waals surface area contributed by atoms with Gasteiger partial charge in [-0.15, -0.1) is 11.3 Å². The normalized spacial score (nSPS) is 10.2. The van der Waals surface area contributed by atoms with Crippen molar-refractivity contribution in [2.24, 2.45) is 5.73 Å². The quantitative estimate of drug-likeness (QED) is 0.899. The van der Waals surface area contributed by atoms with Crippen molar-refractivity contribution in [2.75, 3.05) is 5.32 Å². The van der Waals surface area contributed by atoms with Crippen molar-refractivity contribution in [1.82, 2.24) is 4.98 Å². The van der Waals surface area contributed by atoms with Crippen LogP contribution in [-0.2, 0) is 0 Å². The van der Waals surface area contributed by atoms with Gasteiger partial charge in [0.25, 0.3) is 5.91 Å². The molecule has 0 bridgehead atoms. The number of nitrogens with two attached hydrogens (primary N) is 1. The highest BCUT2D eigenvalue weighted by Gasteiger charge is 2.14. The Balaban J connectivity index is 2.15. The minimum absolute atomic E-state index is 0.256. The van der Waals surface area contributed by atoms with E-state index in [4.69, 9.17) is 5.73 Å². The van der Waals surface area contributed by atoms with Crippen LogP contribution in [0.2, 0.25) is 0 Å². The Labute approximate surface area is 114 Å². The van der Waals surface area contributed by atoms with Gasteiger partial charge >= 0.3 is 0 Å². The topological polar surface area (TPSA) is 85.1 Å². The number of carbonyl (C=O) groups excluding carboxylic acids is 2. The molecule has 0 saturated heterocycles. The first-order valence-electron chi connectivity index (χ1n) is 5.62. The largest absolute Gasteiger partial charge is 0.366 e. The van der Waals surface area contributed by atoms with Crippen molar-refractivity contribution in [2.45, 2.75) is 13.8 Å². The van der Waals surface area contributed by atoms with E-state index < -0.39 is 5.91 Å². The third-order valence-corrected chi connectivity index (χ3v) is 3.43. The Hall–Kier alpha value is -2.21. The summed E-state index contributed by atoms with van der Waals surface area (Å²) < 4.78 is 0. The highest BCUT2D eigenvalue weighted by molar-refractivity contribution is 7.11. The minimum atomic E-state index is -0.496. The lowest BCUT2D eigenvalue weighted by atomic mass is 10.2. The molecule has 0 aliphatic carbocycles. The average molecular weight is 275 g/mol. The Morgan fingerprint density at radius 2 is 1.84 bits per heavy atom. The second-order valence-corrected chi connectivity index (χ2v) is 5.44. The van der Waals surface area contributed by atoms with Crippen molar-refractivity contribution in [3.8, 4) is 0 Å². The number of benzene rings is 1. The number of nitrogens with zero attached hydrogens (tertiary/aromatic N) is 1. The number of hydrogen-bond donors (Lipinski definition) is 2. The molecule has 1 heterocycles. The number of thiazole rings is 1. The molecular formula is C13H13N3O2S. The Morgan fingerprint density at radius 1 is 1.21 bits per heavy atom. The number of aromatic nitrogens is 1. The molecule has 2 amide bonds. The first-order valence-corrected chi connectivity index (χ1v) is 6.44. The SMILES string of the molecule is Cc1nc(C(=O)Nc2ccc(C(N)=O)cc2)c(C)s1. The lowest BCUT2D eigenvalue weighted by Crippen LogP contribution is -2.14. The predicted molar refractivity (Wildman–Crippen MR) is 74.5 cm³/mol. The van der Waals surface area contributed by atoms with Crippen molar-refractivity contribution >= 4 is 28.8 Å². The van der Waals surface area contributed by atoms with Gasteiger partial charge in [0.2, 0.25) is 5.91 Å². The van der Waals surface area contributed by atoms with Gasteiger partial charge in [0, 0.05) is 16.1 Å². The van der Waals surface area contributed by atoms with Crippen molar-refractivity contribution in [1.29, 1.82) is 0 Å². The van der Waals surface area contributed by atoms with E-state index in [1.165, 1.54) is 11.3 Å². The van der Waals surface area contributed by atoms with E-state index in [9.17, 15) is 9.59 Å². The molecule has 2 aromatic rings. The number of hydrogen-bond acceptors (Lipinski definition) is 4. The molecule has 0 unspecified atom stereocenters. The highest BCUT2D eigenvalue weighted by atomic mass is 32.1. The fourth-order valence-electron chi connectivity index (χ4n) is 1.65. The van der Waals surface area contributed by atoms with Gasteiger partial charge in [0.1, 0.15) is 5.69 Å². The smallest absolute Gasteiger partial charge is 0.275 e. The average Bonchev–Trinajstić information content (AvgIpc) is 2.69. The zero-order valence-electron chi connectivity index (χ0n) is 10.6. The Bertz CT molecular complexity index is 632. The molecule has 0 radical (unpaired) electrons. The predicted octanol–water partition coefficient (Wildman–Crippen LogP) is 2.11. The van der Waals surface area contributed by atoms with Crippen LogP contribution in [0.5, 0.6) is 0 Å². The minimum Gasteiger partial charge on any atom is -0.366 e. The third kappa shape index (κ3) is 2.97. The number of carbonyl (C=O) groups is 2. The molecular weight excluding hydrogens is 262 g/mol. The summed E-state index contributed by atoms with van der Waals surface area (Å²) >= 11 is 1.48. The number of nitrogens with one attached hydrogen (secondary N) is 1. The van der Waals surface area contributed by atoms with Crippen molar-refractivity contribution < 1.29 is 9.59 Å². The fraction of sp³-hybridized carbons (Fsp3) is 0.154. The number of primary amides is 1. The van der Waals surface area contributed by atoms with E-state index in [1.807, 2.05) is 13.8 Å². The van der Waals surface area contributed by atoms with E-state index in [2.05, 4.69) is 10.3 Å². The Morgan fingerprint density at radius 3 is 2.32 bits per heavy atom. The monoisotopic (exact) mass is 275 g/mol. The summed E-state index contributed by atoms with van der Waals surface area (Å²) in [7, 11) is 0. The molecule has 1 aromatic heterocycles. The molecule has 0 saturated carbocycles. The van der Waals surface area contributed by atoms with Gasteiger partial charge in [-0.2, -0.15) is 0 Å². The molecule has 2 rings (SSSR count). The van der Waals surface area contributed by atoms with Crippen LogP contribution in [0.15, 0.2) is 24.3 Å². The third-order valence-electron chi connectivity index (χ3n) is 2.55. The Kier molecular flexibility index (Phi) is 3.62. The van der Waals surface area contributed by atoms with Gasteiger partial charge in [0.15, 0.2) is 0 Å². The molecule has 0 aliphatic rings. The van der Waals surface area contributed by atoms with E-state index in [0.717, 1.165) is 9.88 Å². The first kappa shape index (κ1) is 13.2. The highest BCUT2D eigenvalue weighted by Crippen LogP contribution is 2.18. The van der Waals surface area contributed by atoms with Gasteiger partial charge < -0.3 is 11.1 Å². The number of aryl methyl sites for hydroxylation is 2. The number of amides is 2. The molecule has 6 heteroatoms. The van der Waals surface area contributed by atoms with E-state index in [1.54, 1.807) is 24.3 Å². The number of anilines is 1. The molecule has 0 fully saturated rings. The van der Waals surface area contributed by atoms with Crippen LogP contribution in [-0.4, -0.2) is 16.8 Å². The van der Waals surface area contributed by atoms with Crippen LogP contribution < -0.4 is 11.1 Å². The second kappa shape index (κ2) is 5.19. The van der Waals surface area contributed by atoms with Crippen LogP contribution in [0.1, 0.15) is 30.7 Å². The maximum atomic E-state index is 12.0. The zero-order valence-corrected chi connectivity index (χ0v) is 11.4. The standard InChI is InChI=1S/C13H13N3O2S/c1-7-11(15-8(2)19-7)13(18)16-10-5-3-9(4-6-10)12(14)17/h3-6H,1-2H3,(H2,14,17)(H,16,18). The van der Waals surface area contributed by atoms with Gasteiger partial charge in [-0.1, -0.05) is 0 Å². The molecule has 19 heavy (non-hydrogen) atoms. The molecule has 1 aromatic carbocycles. The summed E-state index contributed by atoms with van der Waals surface area (Å²) in [6.07, 6.45) is 0. The van der Waals surface area contributed by atoms with Crippen LogP contribution in [0.4, 0.5) is 5.69 Å². The molecule has 3 N–H and O–H groups in total. The summed E-state index contributed by atoms with van der Waals surface area (Å²) in [6, 6.07) is 6.40. The van der Waals surface area contributed by atoms with Crippen LogP contribution >= 0.6 is 11.3 Å². The van der Waals surface area contributed by atoms with E-state index in [-0.39, 0.29) is 5.91 Å². The summed E-state index contributed by atoms with van der Waals surface area (Å²) in [5.41, 5.74) is 6.57. The molecule has 98 valence electrons. The molecule has 0 spiro atoms. The summed E-state index contributed by atoms with van der Waals surface area (Å²) in [5.74, 6) is -0.752. The van der Waals surface area contributed by atoms with Crippen LogP contribution in [0.3, 0.4) is 0 Å². The first-order chi connectivity index (χ1) is 8.97. The van der Waals surface area contributed by atoms with E-state index in [0.29, 0.717) is 16.9 Å². The summed E-state index contributed by atoms with van der Waals surface area (Å²) in [4.78, 5) is 28.0. The molecule has 0 atom stereocenters.